The van der Waals surface area contributed by atoms with E-state index in [2.05, 4.69) is 15.2 Å². The fraction of sp³-hybridized carbons (Fsp3) is 0.611. The number of methoxy groups -OCH3 is 1. The van der Waals surface area contributed by atoms with Gasteiger partial charge < -0.3 is 25.3 Å². The predicted octanol–water partition coefficient (Wildman–Crippen LogP) is 1.09. The SMILES string of the molecule is COc1ccc(OCCCN=C(N)NCCCN2CCOCC2)cc1. The summed E-state index contributed by atoms with van der Waals surface area (Å²) >= 11 is 0. The number of ether oxygens (including phenoxy) is 3. The van der Waals surface area contributed by atoms with Crippen LogP contribution in [0.2, 0.25) is 0 Å². The first kappa shape index (κ1) is 19.3. The van der Waals surface area contributed by atoms with Crippen LogP contribution < -0.4 is 20.5 Å². The van der Waals surface area contributed by atoms with E-state index >= 15 is 0 Å². The Bertz CT molecular complexity index is 502. The average Bonchev–Trinajstić information content (AvgIpc) is 2.66. The van der Waals surface area contributed by atoms with Gasteiger partial charge in [0.15, 0.2) is 5.96 Å². The summed E-state index contributed by atoms with van der Waals surface area (Å²) in [5, 5.41) is 3.16. The van der Waals surface area contributed by atoms with Crippen molar-refractivity contribution < 1.29 is 14.2 Å². The third kappa shape index (κ3) is 8.09. The molecule has 0 spiro atoms. The van der Waals surface area contributed by atoms with Crippen LogP contribution in [0.3, 0.4) is 0 Å². The minimum absolute atomic E-state index is 0.506. The lowest BCUT2D eigenvalue weighted by atomic mass is 10.3. The number of aliphatic imine (C=N–C) groups is 1. The van der Waals surface area contributed by atoms with E-state index in [1.165, 1.54) is 0 Å². The first-order valence-electron chi connectivity index (χ1n) is 8.88. The van der Waals surface area contributed by atoms with Crippen molar-refractivity contribution in [2.75, 3.05) is 59.7 Å². The molecule has 1 heterocycles. The van der Waals surface area contributed by atoms with Crippen LogP contribution in [0.1, 0.15) is 12.8 Å². The second-order valence-electron chi connectivity index (χ2n) is 5.88. The molecule has 1 aliphatic heterocycles. The molecular formula is C18H30N4O3. The van der Waals surface area contributed by atoms with Crippen LogP contribution in [0, 0.1) is 0 Å². The van der Waals surface area contributed by atoms with Gasteiger partial charge >= 0.3 is 0 Å². The normalized spacial score (nSPS) is 15.8. The Kier molecular flexibility index (Phi) is 8.93. The lowest BCUT2D eigenvalue weighted by molar-refractivity contribution is 0.0376. The maximum absolute atomic E-state index is 5.87. The van der Waals surface area contributed by atoms with Gasteiger partial charge in [-0.1, -0.05) is 0 Å². The minimum atomic E-state index is 0.506. The lowest BCUT2D eigenvalue weighted by Crippen LogP contribution is -2.39. The van der Waals surface area contributed by atoms with Crippen molar-refractivity contribution in [3.05, 3.63) is 24.3 Å². The second kappa shape index (κ2) is 11.5. The first-order chi connectivity index (χ1) is 12.3. The summed E-state index contributed by atoms with van der Waals surface area (Å²) in [6.45, 7) is 6.91. The highest BCUT2D eigenvalue weighted by Crippen LogP contribution is 2.16. The molecule has 3 N–H and O–H groups in total. The summed E-state index contributed by atoms with van der Waals surface area (Å²) in [5.41, 5.74) is 5.87. The molecule has 0 amide bonds. The molecule has 0 aromatic heterocycles. The fourth-order valence-corrected chi connectivity index (χ4v) is 2.53. The van der Waals surface area contributed by atoms with Crippen molar-refractivity contribution in [1.82, 2.24) is 10.2 Å². The fourth-order valence-electron chi connectivity index (χ4n) is 2.53. The van der Waals surface area contributed by atoms with E-state index in [0.29, 0.717) is 19.1 Å². The summed E-state index contributed by atoms with van der Waals surface area (Å²) in [5.74, 6) is 2.16. The Morgan fingerprint density at radius 2 is 1.92 bits per heavy atom. The van der Waals surface area contributed by atoms with E-state index in [1.807, 2.05) is 24.3 Å². The van der Waals surface area contributed by atoms with Gasteiger partial charge in [-0.25, -0.2) is 0 Å². The highest BCUT2D eigenvalue weighted by atomic mass is 16.5. The number of rotatable bonds is 10. The van der Waals surface area contributed by atoms with E-state index in [-0.39, 0.29) is 0 Å². The van der Waals surface area contributed by atoms with Crippen molar-refractivity contribution in [1.29, 1.82) is 0 Å². The van der Waals surface area contributed by atoms with Gasteiger partial charge in [-0.05, 0) is 37.2 Å². The van der Waals surface area contributed by atoms with Crippen molar-refractivity contribution in [3.63, 3.8) is 0 Å². The van der Waals surface area contributed by atoms with Crippen LogP contribution >= 0.6 is 0 Å². The quantitative estimate of drug-likeness (QED) is 0.373. The monoisotopic (exact) mass is 350 g/mol. The molecule has 0 atom stereocenters. The number of nitrogens with two attached hydrogens (primary N) is 1. The van der Waals surface area contributed by atoms with Gasteiger partial charge in [0.1, 0.15) is 11.5 Å². The number of benzene rings is 1. The van der Waals surface area contributed by atoms with Crippen LogP contribution in [-0.4, -0.2) is 70.5 Å². The minimum Gasteiger partial charge on any atom is -0.497 e. The number of morpholine rings is 1. The molecule has 1 aliphatic rings. The van der Waals surface area contributed by atoms with E-state index < -0.39 is 0 Å². The van der Waals surface area contributed by atoms with Gasteiger partial charge in [0, 0.05) is 32.6 Å². The Morgan fingerprint density at radius 3 is 2.64 bits per heavy atom. The Balaban J connectivity index is 1.49. The number of hydrogen-bond donors (Lipinski definition) is 2. The maximum atomic E-state index is 5.87. The van der Waals surface area contributed by atoms with Crippen molar-refractivity contribution in [3.8, 4) is 11.5 Å². The standard InChI is InChI=1S/C18H30N4O3/c1-23-16-4-6-17(7-5-16)25-13-3-9-21-18(19)20-8-2-10-22-11-14-24-15-12-22/h4-7H,2-3,8-15H2,1H3,(H3,19,20,21). The van der Waals surface area contributed by atoms with Gasteiger partial charge in [0.05, 0.1) is 26.9 Å². The van der Waals surface area contributed by atoms with Gasteiger partial charge in [0.25, 0.3) is 0 Å². The van der Waals surface area contributed by atoms with E-state index in [0.717, 1.165) is 63.7 Å². The molecule has 25 heavy (non-hydrogen) atoms. The topological polar surface area (TPSA) is 81.3 Å². The molecule has 1 saturated heterocycles. The summed E-state index contributed by atoms with van der Waals surface area (Å²) in [7, 11) is 1.65. The zero-order chi connectivity index (χ0) is 17.7. The van der Waals surface area contributed by atoms with E-state index in [1.54, 1.807) is 7.11 Å². The molecule has 1 aromatic carbocycles. The van der Waals surface area contributed by atoms with E-state index in [4.69, 9.17) is 19.9 Å². The summed E-state index contributed by atoms with van der Waals surface area (Å²) in [4.78, 5) is 6.73. The molecule has 1 fully saturated rings. The largest absolute Gasteiger partial charge is 0.497 e. The third-order valence-electron chi connectivity index (χ3n) is 3.97. The van der Waals surface area contributed by atoms with Crippen molar-refractivity contribution in [2.45, 2.75) is 12.8 Å². The summed E-state index contributed by atoms with van der Waals surface area (Å²) < 4.78 is 16.1. The zero-order valence-corrected chi connectivity index (χ0v) is 15.1. The molecule has 0 bridgehead atoms. The zero-order valence-electron chi connectivity index (χ0n) is 15.1. The second-order valence-corrected chi connectivity index (χ2v) is 5.88. The number of guanidine groups is 1. The van der Waals surface area contributed by atoms with Gasteiger partial charge in [0.2, 0.25) is 0 Å². The van der Waals surface area contributed by atoms with Crippen LogP contribution in [0.15, 0.2) is 29.3 Å². The first-order valence-corrected chi connectivity index (χ1v) is 8.88. The smallest absolute Gasteiger partial charge is 0.188 e. The average molecular weight is 350 g/mol. The molecule has 7 nitrogen and oxygen atoms in total. The van der Waals surface area contributed by atoms with E-state index in [9.17, 15) is 0 Å². The highest BCUT2D eigenvalue weighted by molar-refractivity contribution is 5.77. The molecule has 0 saturated carbocycles. The van der Waals surface area contributed by atoms with Crippen LogP contribution in [-0.2, 0) is 4.74 Å². The molecule has 7 heteroatoms. The van der Waals surface area contributed by atoms with Crippen LogP contribution in [0.4, 0.5) is 0 Å². The molecular weight excluding hydrogens is 320 g/mol. The molecule has 140 valence electrons. The highest BCUT2D eigenvalue weighted by Gasteiger charge is 2.08. The summed E-state index contributed by atoms with van der Waals surface area (Å²) in [6.07, 6.45) is 1.87. The number of nitrogens with zero attached hydrogens (tertiary/aromatic N) is 2. The third-order valence-corrected chi connectivity index (χ3v) is 3.97. The van der Waals surface area contributed by atoms with Gasteiger partial charge in [-0.3, -0.25) is 9.89 Å². The molecule has 0 aliphatic carbocycles. The molecule has 0 unspecified atom stereocenters. The summed E-state index contributed by atoms with van der Waals surface area (Å²) in [6, 6.07) is 7.55. The van der Waals surface area contributed by atoms with Gasteiger partial charge in [-0.2, -0.15) is 0 Å². The Hall–Kier alpha value is -1.99. The molecule has 1 aromatic rings. The van der Waals surface area contributed by atoms with Crippen LogP contribution in [0.5, 0.6) is 11.5 Å². The van der Waals surface area contributed by atoms with Gasteiger partial charge in [-0.15, -0.1) is 0 Å². The Labute approximate surface area is 150 Å². The predicted molar refractivity (Wildman–Crippen MR) is 99.5 cm³/mol. The maximum Gasteiger partial charge on any atom is 0.188 e. The number of hydrogen-bond acceptors (Lipinski definition) is 5. The lowest BCUT2D eigenvalue weighted by Gasteiger charge is -2.26. The molecule has 0 radical (unpaired) electrons. The van der Waals surface area contributed by atoms with Crippen molar-refractivity contribution >= 4 is 5.96 Å². The van der Waals surface area contributed by atoms with Crippen molar-refractivity contribution in [2.24, 2.45) is 10.7 Å². The molecule has 2 rings (SSSR count). The Morgan fingerprint density at radius 1 is 1.20 bits per heavy atom. The number of nitrogens with one attached hydrogen (secondary N) is 1. The van der Waals surface area contributed by atoms with Crippen LogP contribution in [0.25, 0.3) is 0 Å².